The van der Waals surface area contributed by atoms with E-state index in [1.54, 1.807) is 7.11 Å². The van der Waals surface area contributed by atoms with Crippen molar-refractivity contribution in [1.29, 1.82) is 0 Å². The molecule has 21 heavy (non-hydrogen) atoms. The molecule has 116 valence electrons. The van der Waals surface area contributed by atoms with Crippen LogP contribution in [0.1, 0.15) is 38.8 Å². The fourth-order valence-electron chi connectivity index (χ4n) is 2.94. The average molecular weight is 292 g/mol. The molecule has 2 rings (SSSR count). The average Bonchev–Trinajstić information content (AvgIpc) is 2.74. The van der Waals surface area contributed by atoms with Crippen molar-refractivity contribution in [1.82, 2.24) is 4.90 Å². The predicted octanol–water partition coefficient (Wildman–Crippen LogP) is 2.10. The lowest BCUT2D eigenvalue weighted by Crippen LogP contribution is -2.37. The van der Waals surface area contributed by atoms with Crippen LogP contribution < -0.4 is 15.2 Å². The Kier molecular flexibility index (Phi) is 4.73. The standard InChI is InChI=1S/C16H24N2O3/c1-5-21-13-7-6-11(8-14(13)20-4)16-12(17)9-15(19)18(16)10(2)3/h6-8,10,12,16H,5,9,17H2,1-4H3. The van der Waals surface area contributed by atoms with E-state index in [1.807, 2.05) is 43.9 Å². The van der Waals surface area contributed by atoms with Gasteiger partial charge < -0.3 is 20.1 Å². The zero-order chi connectivity index (χ0) is 15.6. The molecule has 1 saturated heterocycles. The normalized spacial score (nSPS) is 22.0. The van der Waals surface area contributed by atoms with E-state index in [0.717, 1.165) is 5.56 Å². The maximum absolute atomic E-state index is 12.1. The molecule has 5 heteroatoms. The highest BCUT2D eigenvalue weighted by Gasteiger charge is 2.40. The van der Waals surface area contributed by atoms with E-state index < -0.39 is 0 Å². The smallest absolute Gasteiger partial charge is 0.225 e. The number of ether oxygens (including phenoxy) is 2. The maximum Gasteiger partial charge on any atom is 0.225 e. The molecule has 2 N–H and O–H groups in total. The van der Waals surface area contributed by atoms with E-state index in [1.165, 1.54) is 0 Å². The van der Waals surface area contributed by atoms with Crippen molar-refractivity contribution < 1.29 is 14.3 Å². The molecule has 5 nitrogen and oxygen atoms in total. The van der Waals surface area contributed by atoms with Crippen molar-refractivity contribution in [2.24, 2.45) is 5.73 Å². The highest BCUT2D eigenvalue weighted by Crippen LogP contribution is 2.37. The molecule has 1 amide bonds. The van der Waals surface area contributed by atoms with Gasteiger partial charge in [-0.05, 0) is 38.5 Å². The number of likely N-dealkylation sites (tertiary alicyclic amines) is 1. The first kappa shape index (κ1) is 15.6. The number of hydrogen-bond acceptors (Lipinski definition) is 4. The largest absolute Gasteiger partial charge is 0.493 e. The Morgan fingerprint density at radius 1 is 1.38 bits per heavy atom. The summed E-state index contributed by atoms with van der Waals surface area (Å²) in [5.74, 6) is 1.48. The van der Waals surface area contributed by atoms with Crippen LogP contribution in [0.4, 0.5) is 0 Å². The SMILES string of the molecule is CCOc1ccc(C2C(N)CC(=O)N2C(C)C)cc1OC. The molecule has 0 radical (unpaired) electrons. The fraction of sp³-hybridized carbons (Fsp3) is 0.562. The summed E-state index contributed by atoms with van der Waals surface area (Å²) < 4.78 is 10.9. The van der Waals surface area contributed by atoms with Gasteiger partial charge in [0.25, 0.3) is 0 Å². The van der Waals surface area contributed by atoms with Crippen LogP contribution in [0.15, 0.2) is 18.2 Å². The van der Waals surface area contributed by atoms with E-state index in [9.17, 15) is 4.79 Å². The van der Waals surface area contributed by atoms with Gasteiger partial charge in [0.05, 0.1) is 19.8 Å². The summed E-state index contributed by atoms with van der Waals surface area (Å²) in [6, 6.07) is 5.58. The number of nitrogens with zero attached hydrogens (tertiary/aromatic N) is 1. The Morgan fingerprint density at radius 3 is 2.67 bits per heavy atom. The molecule has 1 aromatic rings. The quantitative estimate of drug-likeness (QED) is 0.902. The minimum atomic E-state index is -0.192. The Morgan fingerprint density at radius 2 is 2.10 bits per heavy atom. The highest BCUT2D eigenvalue weighted by molar-refractivity contribution is 5.80. The molecule has 0 saturated carbocycles. The second-order valence-electron chi connectivity index (χ2n) is 5.55. The molecular formula is C16H24N2O3. The van der Waals surface area contributed by atoms with Crippen molar-refractivity contribution in [3.63, 3.8) is 0 Å². The summed E-state index contributed by atoms with van der Waals surface area (Å²) in [4.78, 5) is 14.0. The first-order chi connectivity index (χ1) is 9.99. The van der Waals surface area contributed by atoms with Gasteiger partial charge in [0.2, 0.25) is 5.91 Å². The maximum atomic E-state index is 12.1. The molecular weight excluding hydrogens is 268 g/mol. The minimum absolute atomic E-state index is 0.107. The number of rotatable bonds is 5. The Bertz CT molecular complexity index is 516. The van der Waals surface area contributed by atoms with Gasteiger partial charge >= 0.3 is 0 Å². The van der Waals surface area contributed by atoms with Crippen molar-refractivity contribution >= 4 is 5.91 Å². The van der Waals surface area contributed by atoms with Gasteiger partial charge in [0.15, 0.2) is 11.5 Å². The third kappa shape index (κ3) is 2.97. The monoisotopic (exact) mass is 292 g/mol. The van der Waals surface area contributed by atoms with Crippen LogP contribution in [0.5, 0.6) is 11.5 Å². The van der Waals surface area contributed by atoms with Crippen molar-refractivity contribution in [2.45, 2.75) is 45.3 Å². The van der Waals surface area contributed by atoms with Crippen LogP contribution in [0.25, 0.3) is 0 Å². The van der Waals surface area contributed by atoms with Crippen molar-refractivity contribution in [3.8, 4) is 11.5 Å². The summed E-state index contributed by atoms with van der Waals surface area (Å²) >= 11 is 0. The van der Waals surface area contributed by atoms with E-state index in [-0.39, 0.29) is 24.0 Å². The van der Waals surface area contributed by atoms with Gasteiger partial charge in [-0.15, -0.1) is 0 Å². The van der Waals surface area contributed by atoms with Gasteiger partial charge in [0.1, 0.15) is 0 Å². The van der Waals surface area contributed by atoms with Crippen molar-refractivity contribution in [2.75, 3.05) is 13.7 Å². The fourth-order valence-corrected chi connectivity index (χ4v) is 2.94. The first-order valence-electron chi connectivity index (χ1n) is 7.37. The summed E-state index contributed by atoms with van der Waals surface area (Å²) in [6.07, 6.45) is 0.387. The minimum Gasteiger partial charge on any atom is -0.493 e. The number of methoxy groups -OCH3 is 1. The number of nitrogens with two attached hydrogens (primary N) is 1. The van der Waals surface area contributed by atoms with E-state index in [0.29, 0.717) is 24.5 Å². The molecule has 2 unspecified atom stereocenters. The zero-order valence-electron chi connectivity index (χ0n) is 13.1. The first-order valence-corrected chi connectivity index (χ1v) is 7.37. The molecule has 2 atom stereocenters. The number of hydrogen-bond donors (Lipinski definition) is 1. The predicted molar refractivity (Wildman–Crippen MR) is 81.5 cm³/mol. The van der Waals surface area contributed by atoms with Gasteiger partial charge in [-0.2, -0.15) is 0 Å². The van der Waals surface area contributed by atoms with Crippen molar-refractivity contribution in [3.05, 3.63) is 23.8 Å². The molecule has 1 aliphatic rings. The second kappa shape index (κ2) is 6.35. The summed E-state index contributed by atoms with van der Waals surface area (Å²) in [6.45, 7) is 6.53. The van der Waals surface area contributed by atoms with E-state index in [2.05, 4.69) is 0 Å². The summed E-state index contributed by atoms with van der Waals surface area (Å²) in [5, 5.41) is 0. The van der Waals surface area contributed by atoms with E-state index in [4.69, 9.17) is 15.2 Å². The molecule has 1 aliphatic heterocycles. The number of carbonyl (C=O) groups excluding carboxylic acids is 1. The second-order valence-corrected chi connectivity index (χ2v) is 5.55. The zero-order valence-corrected chi connectivity index (χ0v) is 13.1. The third-order valence-electron chi connectivity index (χ3n) is 3.79. The molecule has 0 spiro atoms. The molecule has 0 bridgehead atoms. The van der Waals surface area contributed by atoms with Crippen LogP contribution in [0.3, 0.4) is 0 Å². The molecule has 1 aromatic carbocycles. The molecule has 1 heterocycles. The Balaban J connectivity index is 2.38. The Labute approximate surface area is 126 Å². The lowest BCUT2D eigenvalue weighted by Gasteiger charge is -2.31. The van der Waals surface area contributed by atoms with Gasteiger partial charge in [-0.1, -0.05) is 6.07 Å². The lowest BCUT2D eigenvalue weighted by atomic mass is 9.99. The van der Waals surface area contributed by atoms with Crippen LogP contribution in [-0.2, 0) is 4.79 Å². The molecule has 0 aliphatic carbocycles. The van der Waals surface area contributed by atoms with E-state index >= 15 is 0 Å². The highest BCUT2D eigenvalue weighted by atomic mass is 16.5. The summed E-state index contributed by atoms with van der Waals surface area (Å²) in [5.41, 5.74) is 7.17. The van der Waals surface area contributed by atoms with Gasteiger partial charge in [-0.3, -0.25) is 4.79 Å². The van der Waals surface area contributed by atoms with Gasteiger partial charge in [-0.25, -0.2) is 0 Å². The third-order valence-corrected chi connectivity index (χ3v) is 3.79. The van der Waals surface area contributed by atoms with Crippen LogP contribution in [0, 0.1) is 0 Å². The molecule has 0 aromatic heterocycles. The summed E-state index contributed by atoms with van der Waals surface area (Å²) in [7, 11) is 1.61. The van der Waals surface area contributed by atoms with Gasteiger partial charge in [0, 0.05) is 18.5 Å². The Hall–Kier alpha value is -1.75. The van der Waals surface area contributed by atoms with Crippen LogP contribution in [0.2, 0.25) is 0 Å². The molecule has 1 fully saturated rings. The lowest BCUT2D eigenvalue weighted by molar-refractivity contribution is -0.130. The number of carbonyl (C=O) groups is 1. The van der Waals surface area contributed by atoms with Crippen LogP contribution in [-0.4, -0.2) is 36.6 Å². The topological polar surface area (TPSA) is 64.8 Å². The number of amides is 1. The van der Waals surface area contributed by atoms with Crippen LogP contribution >= 0.6 is 0 Å². The number of benzene rings is 1.